The predicted molar refractivity (Wildman–Crippen MR) is 63.9 cm³/mol. The Labute approximate surface area is 96.9 Å². The molecular weight excluding hydrogens is 200 g/mol. The lowest BCUT2D eigenvalue weighted by atomic mass is 9.97. The van der Waals surface area contributed by atoms with Crippen molar-refractivity contribution in [2.75, 3.05) is 13.2 Å². The van der Waals surface area contributed by atoms with Crippen molar-refractivity contribution in [3.8, 4) is 0 Å². The van der Waals surface area contributed by atoms with E-state index in [9.17, 15) is 5.11 Å². The SMILES string of the molecule is OCC1CCCC1CNCc1cccnc1. The van der Waals surface area contributed by atoms with Crippen LogP contribution in [-0.2, 0) is 6.54 Å². The van der Waals surface area contributed by atoms with E-state index in [-0.39, 0.29) is 0 Å². The number of nitrogens with zero attached hydrogens (tertiary/aromatic N) is 1. The zero-order valence-corrected chi connectivity index (χ0v) is 9.60. The van der Waals surface area contributed by atoms with E-state index in [1.165, 1.54) is 24.8 Å². The first-order valence-corrected chi connectivity index (χ1v) is 6.10. The van der Waals surface area contributed by atoms with Gasteiger partial charge in [-0.1, -0.05) is 12.5 Å². The third kappa shape index (κ3) is 3.03. The van der Waals surface area contributed by atoms with Gasteiger partial charge >= 0.3 is 0 Å². The molecule has 2 unspecified atom stereocenters. The summed E-state index contributed by atoms with van der Waals surface area (Å²) in [5, 5.41) is 12.7. The maximum atomic E-state index is 9.22. The second-order valence-electron chi connectivity index (χ2n) is 4.63. The minimum Gasteiger partial charge on any atom is -0.396 e. The smallest absolute Gasteiger partial charge is 0.0462 e. The van der Waals surface area contributed by atoms with Crippen LogP contribution >= 0.6 is 0 Å². The fourth-order valence-electron chi connectivity index (χ4n) is 2.53. The standard InChI is InChI=1S/C13H20N2O/c16-10-13-5-1-4-12(13)9-15-8-11-3-2-6-14-7-11/h2-3,6-7,12-13,15-16H,1,4-5,8-10H2. The minimum absolute atomic E-state index is 0.346. The van der Waals surface area contributed by atoms with Crippen LogP contribution in [0.15, 0.2) is 24.5 Å². The molecule has 1 aliphatic rings. The molecule has 1 fully saturated rings. The summed E-state index contributed by atoms with van der Waals surface area (Å²) in [6.45, 7) is 2.24. The lowest BCUT2D eigenvalue weighted by molar-refractivity contribution is 0.192. The molecule has 0 saturated heterocycles. The van der Waals surface area contributed by atoms with E-state index in [0.717, 1.165) is 13.1 Å². The summed E-state index contributed by atoms with van der Waals surface area (Å²) < 4.78 is 0. The van der Waals surface area contributed by atoms with Crippen molar-refractivity contribution in [2.24, 2.45) is 11.8 Å². The predicted octanol–water partition coefficient (Wildman–Crippen LogP) is 1.58. The van der Waals surface area contributed by atoms with Gasteiger partial charge in [-0.15, -0.1) is 0 Å². The molecule has 1 heterocycles. The third-order valence-corrected chi connectivity index (χ3v) is 3.51. The van der Waals surface area contributed by atoms with Crippen molar-refractivity contribution < 1.29 is 5.11 Å². The molecule has 88 valence electrons. The maximum Gasteiger partial charge on any atom is 0.0462 e. The summed E-state index contributed by atoms with van der Waals surface area (Å²) in [5.74, 6) is 1.17. The highest BCUT2D eigenvalue weighted by atomic mass is 16.3. The molecule has 0 spiro atoms. The Morgan fingerprint density at radius 2 is 2.25 bits per heavy atom. The Bertz CT molecular complexity index is 302. The number of pyridine rings is 1. The van der Waals surface area contributed by atoms with Gasteiger partial charge in [0.15, 0.2) is 0 Å². The first-order chi connectivity index (χ1) is 7.90. The van der Waals surface area contributed by atoms with Gasteiger partial charge in [0.05, 0.1) is 0 Å². The van der Waals surface area contributed by atoms with E-state index < -0.39 is 0 Å². The van der Waals surface area contributed by atoms with Crippen LogP contribution in [0.25, 0.3) is 0 Å². The number of hydrogen-bond acceptors (Lipinski definition) is 3. The van der Waals surface area contributed by atoms with Crippen molar-refractivity contribution in [1.82, 2.24) is 10.3 Å². The van der Waals surface area contributed by atoms with Crippen LogP contribution in [0.1, 0.15) is 24.8 Å². The molecule has 0 bridgehead atoms. The van der Waals surface area contributed by atoms with E-state index in [2.05, 4.69) is 16.4 Å². The molecular formula is C13H20N2O. The Kier molecular flexibility index (Phi) is 4.31. The molecule has 2 N–H and O–H groups in total. The molecule has 2 rings (SSSR count). The molecule has 1 aliphatic carbocycles. The van der Waals surface area contributed by atoms with E-state index >= 15 is 0 Å². The van der Waals surface area contributed by atoms with Gasteiger partial charge in [0, 0.05) is 25.5 Å². The molecule has 2 atom stereocenters. The molecule has 0 amide bonds. The van der Waals surface area contributed by atoms with Crippen LogP contribution in [-0.4, -0.2) is 23.2 Å². The Balaban J connectivity index is 1.72. The van der Waals surface area contributed by atoms with Crippen LogP contribution in [0.3, 0.4) is 0 Å². The second-order valence-corrected chi connectivity index (χ2v) is 4.63. The summed E-state index contributed by atoms with van der Waals surface area (Å²) in [6.07, 6.45) is 7.40. The first-order valence-electron chi connectivity index (χ1n) is 6.10. The number of hydrogen-bond donors (Lipinski definition) is 2. The van der Waals surface area contributed by atoms with Crippen molar-refractivity contribution in [1.29, 1.82) is 0 Å². The molecule has 3 nitrogen and oxygen atoms in total. The summed E-state index contributed by atoms with van der Waals surface area (Å²) in [7, 11) is 0. The molecule has 1 aromatic rings. The molecule has 1 saturated carbocycles. The number of aromatic nitrogens is 1. The van der Waals surface area contributed by atoms with Gasteiger partial charge in [-0.3, -0.25) is 4.98 Å². The number of nitrogens with one attached hydrogen (secondary N) is 1. The zero-order valence-electron chi connectivity index (χ0n) is 9.60. The van der Waals surface area contributed by atoms with Crippen LogP contribution in [0, 0.1) is 11.8 Å². The first kappa shape index (κ1) is 11.6. The van der Waals surface area contributed by atoms with E-state index in [1.807, 2.05) is 12.3 Å². The highest BCUT2D eigenvalue weighted by Gasteiger charge is 2.25. The molecule has 3 heteroatoms. The average Bonchev–Trinajstić information content (AvgIpc) is 2.78. The van der Waals surface area contributed by atoms with Crippen molar-refractivity contribution >= 4 is 0 Å². The zero-order chi connectivity index (χ0) is 11.2. The monoisotopic (exact) mass is 220 g/mol. The van der Waals surface area contributed by atoms with Gasteiger partial charge in [-0.25, -0.2) is 0 Å². The van der Waals surface area contributed by atoms with Gasteiger partial charge in [-0.05, 0) is 42.9 Å². The second kappa shape index (κ2) is 5.97. The fourth-order valence-corrected chi connectivity index (χ4v) is 2.53. The van der Waals surface area contributed by atoms with E-state index in [1.54, 1.807) is 6.20 Å². The Hall–Kier alpha value is -0.930. The van der Waals surface area contributed by atoms with Crippen LogP contribution in [0.4, 0.5) is 0 Å². The van der Waals surface area contributed by atoms with Crippen molar-refractivity contribution in [2.45, 2.75) is 25.8 Å². The van der Waals surface area contributed by atoms with E-state index in [4.69, 9.17) is 0 Å². The summed E-state index contributed by atoms with van der Waals surface area (Å²) in [4.78, 5) is 4.09. The Morgan fingerprint density at radius 1 is 1.38 bits per heavy atom. The lowest BCUT2D eigenvalue weighted by Crippen LogP contribution is -2.26. The highest BCUT2D eigenvalue weighted by Crippen LogP contribution is 2.30. The van der Waals surface area contributed by atoms with Crippen molar-refractivity contribution in [3.05, 3.63) is 30.1 Å². The molecule has 1 aromatic heterocycles. The van der Waals surface area contributed by atoms with Crippen molar-refractivity contribution in [3.63, 3.8) is 0 Å². The lowest BCUT2D eigenvalue weighted by Gasteiger charge is -2.17. The average molecular weight is 220 g/mol. The minimum atomic E-state index is 0.346. The van der Waals surface area contributed by atoms with Crippen LogP contribution in [0.2, 0.25) is 0 Å². The van der Waals surface area contributed by atoms with Gasteiger partial charge < -0.3 is 10.4 Å². The van der Waals surface area contributed by atoms with Gasteiger partial charge in [0.2, 0.25) is 0 Å². The normalized spacial score (nSPS) is 24.8. The highest BCUT2D eigenvalue weighted by molar-refractivity contribution is 5.07. The summed E-state index contributed by atoms with van der Waals surface area (Å²) >= 11 is 0. The molecule has 0 aromatic carbocycles. The van der Waals surface area contributed by atoms with Crippen LogP contribution in [0.5, 0.6) is 0 Å². The molecule has 0 aliphatic heterocycles. The number of aliphatic hydroxyl groups excluding tert-OH is 1. The topological polar surface area (TPSA) is 45.1 Å². The number of aliphatic hydroxyl groups is 1. The summed E-state index contributed by atoms with van der Waals surface area (Å²) in [5.41, 5.74) is 1.22. The van der Waals surface area contributed by atoms with Crippen LogP contribution < -0.4 is 5.32 Å². The molecule has 16 heavy (non-hydrogen) atoms. The fraction of sp³-hybridized carbons (Fsp3) is 0.615. The van der Waals surface area contributed by atoms with Gasteiger partial charge in [0.25, 0.3) is 0 Å². The largest absolute Gasteiger partial charge is 0.396 e. The van der Waals surface area contributed by atoms with Gasteiger partial charge in [0.1, 0.15) is 0 Å². The third-order valence-electron chi connectivity index (χ3n) is 3.51. The Morgan fingerprint density at radius 3 is 3.00 bits per heavy atom. The van der Waals surface area contributed by atoms with E-state index in [0.29, 0.717) is 18.4 Å². The molecule has 0 radical (unpaired) electrons. The maximum absolute atomic E-state index is 9.22. The number of rotatable bonds is 5. The quantitative estimate of drug-likeness (QED) is 0.792. The summed E-state index contributed by atoms with van der Waals surface area (Å²) in [6, 6.07) is 4.04. The van der Waals surface area contributed by atoms with Gasteiger partial charge in [-0.2, -0.15) is 0 Å².